The van der Waals surface area contributed by atoms with E-state index in [1.54, 1.807) is 0 Å². The molecule has 0 bridgehead atoms. The summed E-state index contributed by atoms with van der Waals surface area (Å²) in [6.45, 7) is 1.27. The number of hydrogen-bond acceptors (Lipinski definition) is 8. The SMILES string of the molecule is O=C(OCCN1CNC(=S)NC1)c1cc([N+](=O)[O-])ccc1[N+](=O)[O-]. The first-order valence-electron chi connectivity index (χ1n) is 6.72. The van der Waals surface area contributed by atoms with E-state index in [1.807, 2.05) is 4.90 Å². The Hall–Kier alpha value is -2.86. The van der Waals surface area contributed by atoms with Crippen LogP contribution in [-0.4, -0.2) is 52.3 Å². The molecule has 1 aromatic carbocycles. The molecule has 0 saturated carbocycles. The Balaban J connectivity index is 2.00. The minimum Gasteiger partial charge on any atom is -0.461 e. The summed E-state index contributed by atoms with van der Waals surface area (Å²) < 4.78 is 4.99. The lowest BCUT2D eigenvalue weighted by Crippen LogP contribution is -2.54. The standard InChI is InChI=1S/C12H13N5O6S/c18-11(23-4-3-15-6-13-12(24)14-7-15)9-5-8(16(19)20)1-2-10(9)17(21)22/h1-2,5H,3-4,6-7H2,(H2,13,14,24). The van der Waals surface area contributed by atoms with Crippen molar-refractivity contribution in [1.29, 1.82) is 0 Å². The Bertz CT molecular complexity index is 687. The molecule has 0 radical (unpaired) electrons. The molecular weight excluding hydrogens is 342 g/mol. The fourth-order valence-corrected chi connectivity index (χ4v) is 2.08. The average molecular weight is 355 g/mol. The number of non-ortho nitro benzene ring substituents is 1. The van der Waals surface area contributed by atoms with Crippen LogP contribution in [0.3, 0.4) is 0 Å². The topological polar surface area (TPSA) is 140 Å². The number of nitro benzene ring substituents is 2. The van der Waals surface area contributed by atoms with Gasteiger partial charge in [-0.25, -0.2) is 4.79 Å². The van der Waals surface area contributed by atoms with Gasteiger partial charge in [0.1, 0.15) is 12.2 Å². The zero-order valence-electron chi connectivity index (χ0n) is 12.3. The number of nitrogens with one attached hydrogen (secondary N) is 2. The Kier molecular flexibility index (Phi) is 5.55. The second kappa shape index (κ2) is 7.61. The van der Waals surface area contributed by atoms with Crippen LogP contribution in [0.5, 0.6) is 0 Å². The van der Waals surface area contributed by atoms with Gasteiger partial charge in [-0.05, 0) is 12.2 Å². The summed E-state index contributed by atoms with van der Waals surface area (Å²) in [7, 11) is 0. The van der Waals surface area contributed by atoms with Gasteiger partial charge in [0.2, 0.25) is 0 Å². The zero-order valence-corrected chi connectivity index (χ0v) is 13.1. The molecule has 24 heavy (non-hydrogen) atoms. The number of carbonyl (C=O) groups excluding carboxylic acids is 1. The van der Waals surface area contributed by atoms with Gasteiger partial charge in [-0.15, -0.1) is 0 Å². The molecule has 12 heteroatoms. The van der Waals surface area contributed by atoms with Crippen LogP contribution in [0, 0.1) is 20.2 Å². The number of ether oxygens (including phenoxy) is 1. The molecule has 0 aliphatic carbocycles. The Morgan fingerprint density at radius 1 is 1.25 bits per heavy atom. The molecule has 1 aliphatic rings. The van der Waals surface area contributed by atoms with Gasteiger partial charge in [0.05, 0.1) is 23.2 Å². The van der Waals surface area contributed by atoms with Crippen molar-refractivity contribution in [2.24, 2.45) is 0 Å². The minimum atomic E-state index is -0.987. The lowest BCUT2D eigenvalue weighted by molar-refractivity contribution is -0.389. The zero-order chi connectivity index (χ0) is 17.7. The number of nitrogens with zero attached hydrogens (tertiary/aromatic N) is 3. The highest BCUT2D eigenvalue weighted by atomic mass is 32.1. The largest absolute Gasteiger partial charge is 0.461 e. The van der Waals surface area contributed by atoms with Crippen molar-refractivity contribution in [3.05, 3.63) is 44.0 Å². The van der Waals surface area contributed by atoms with Crippen molar-refractivity contribution in [3.8, 4) is 0 Å². The number of rotatable bonds is 6. The molecule has 11 nitrogen and oxygen atoms in total. The smallest absolute Gasteiger partial charge is 0.345 e. The highest BCUT2D eigenvalue weighted by molar-refractivity contribution is 7.80. The molecular formula is C12H13N5O6S. The van der Waals surface area contributed by atoms with Gasteiger partial charge in [0.15, 0.2) is 5.11 Å². The number of carbonyl (C=O) groups is 1. The van der Waals surface area contributed by atoms with Gasteiger partial charge in [-0.1, -0.05) is 0 Å². The molecule has 0 aromatic heterocycles. The first kappa shape index (κ1) is 17.5. The lowest BCUT2D eigenvalue weighted by Gasteiger charge is -2.29. The monoisotopic (exact) mass is 355 g/mol. The van der Waals surface area contributed by atoms with Gasteiger partial charge >= 0.3 is 5.97 Å². The lowest BCUT2D eigenvalue weighted by atomic mass is 10.1. The van der Waals surface area contributed by atoms with E-state index in [1.165, 1.54) is 0 Å². The predicted octanol–water partition coefficient (Wildman–Crippen LogP) is 0.355. The maximum Gasteiger partial charge on any atom is 0.345 e. The third-order valence-corrected chi connectivity index (χ3v) is 3.46. The van der Waals surface area contributed by atoms with Crippen LogP contribution in [0.1, 0.15) is 10.4 Å². The van der Waals surface area contributed by atoms with E-state index < -0.39 is 32.8 Å². The van der Waals surface area contributed by atoms with Crippen molar-refractivity contribution in [1.82, 2.24) is 15.5 Å². The van der Waals surface area contributed by atoms with Crippen molar-refractivity contribution in [3.63, 3.8) is 0 Å². The summed E-state index contributed by atoms with van der Waals surface area (Å²) in [5.74, 6) is -0.987. The molecule has 2 N–H and O–H groups in total. The molecule has 0 atom stereocenters. The van der Waals surface area contributed by atoms with E-state index in [-0.39, 0.29) is 6.61 Å². The van der Waals surface area contributed by atoms with E-state index >= 15 is 0 Å². The van der Waals surface area contributed by atoms with E-state index in [0.717, 1.165) is 18.2 Å². The molecule has 1 saturated heterocycles. The predicted molar refractivity (Wildman–Crippen MR) is 85.3 cm³/mol. The molecule has 0 spiro atoms. The highest BCUT2D eigenvalue weighted by Crippen LogP contribution is 2.24. The third kappa shape index (κ3) is 4.33. The Morgan fingerprint density at radius 3 is 2.50 bits per heavy atom. The fraction of sp³-hybridized carbons (Fsp3) is 0.333. The van der Waals surface area contributed by atoms with E-state index in [2.05, 4.69) is 10.6 Å². The summed E-state index contributed by atoms with van der Waals surface area (Å²) in [6.07, 6.45) is 0. The van der Waals surface area contributed by atoms with Gasteiger partial charge in [-0.2, -0.15) is 0 Å². The highest BCUT2D eigenvalue weighted by Gasteiger charge is 2.25. The molecule has 0 unspecified atom stereocenters. The molecule has 1 fully saturated rings. The minimum absolute atomic E-state index is 0.0329. The first-order valence-corrected chi connectivity index (χ1v) is 7.13. The summed E-state index contributed by atoms with van der Waals surface area (Å²) in [5.41, 5.74) is -1.42. The van der Waals surface area contributed by atoms with Crippen LogP contribution < -0.4 is 10.6 Å². The second-order valence-electron chi connectivity index (χ2n) is 4.74. The summed E-state index contributed by atoms with van der Waals surface area (Å²) in [4.78, 5) is 34.0. The summed E-state index contributed by atoms with van der Waals surface area (Å²) in [5, 5.41) is 28.0. The summed E-state index contributed by atoms with van der Waals surface area (Å²) in [6, 6.07) is 2.71. The maximum atomic E-state index is 12.0. The average Bonchev–Trinajstić information content (AvgIpc) is 2.55. The maximum absolute atomic E-state index is 12.0. The molecule has 128 valence electrons. The number of thiocarbonyl (C=S) groups is 1. The number of esters is 1. The van der Waals surface area contributed by atoms with Gasteiger partial charge in [0, 0.05) is 24.7 Å². The van der Waals surface area contributed by atoms with Gasteiger partial charge in [-0.3, -0.25) is 25.1 Å². The fourth-order valence-electron chi connectivity index (χ4n) is 1.95. The van der Waals surface area contributed by atoms with E-state index in [4.69, 9.17) is 17.0 Å². The normalized spacial score (nSPS) is 14.4. The first-order chi connectivity index (χ1) is 11.4. The summed E-state index contributed by atoms with van der Waals surface area (Å²) >= 11 is 4.90. The van der Waals surface area contributed by atoms with Crippen LogP contribution in [0.2, 0.25) is 0 Å². The van der Waals surface area contributed by atoms with Crippen LogP contribution >= 0.6 is 12.2 Å². The van der Waals surface area contributed by atoms with E-state index in [0.29, 0.717) is 25.0 Å². The quantitative estimate of drug-likeness (QED) is 0.318. The Labute approximate surface area is 140 Å². The van der Waals surface area contributed by atoms with Crippen molar-refractivity contribution in [2.75, 3.05) is 26.5 Å². The molecule has 2 rings (SSSR count). The van der Waals surface area contributed by atoms with Crippen LogP contribution in [0.25, 0.3) is 0 Å². The number of nitro groups is 2. The van der Waals surface area contributed by atoms with Gasteiger partial charge in [0.25, 0.3) is 11.4 Å². The number of hydrogen-bond donors (Lipinski definition) is 2. The molecule has 1 heterocycles. The van der Waals surface area contributed by atoms with Crippen molar-refractivity contribution >= 4 is 34.7 Å². The molecule has 1 aliphatic heterocycles. The van der Waals surface area contributed by atoms with Crippen molar-refractivity contribution < 1.29 is 19.4 Å². The molecule has 0 amide bonds. The second-order valence-corrected chi connectivity index (χ2v) is 5.15. The van der Waals surface area contributed by atoms with Crippen LogP contribution in [0.4, 0.5) is 11.4 Å². The van der Waals surface area contributed by atoms with E-state index in [9.17, 15) is 25.0 Å². The number of benzene rings is 1. The van der Waals surface area contributed by atoms with Crippen molar-refractivity contribution in [2.45, 2.75) is 0 Å². The third-order valence-electron chi connectivity index (χ3n) is 3.17. The van der Waals surface area contributed by atoms with Crippen LogP contribution in [-0.2, 0) is 4.74 Å². The molecule has 1 aromatic rings. The van der Waals surface area contributed by atoms with Crippen LogP contribution in [0.15, 0.2) is 18.2 Å². The Morgan fingerprint density at radius 2 is 1.92 bits per heavy atom. The van der Waals surface area contributed by atoms with Gasteiger partial charge < -0.3 is 15.4 Å².